The third kappa shape index (κ3) is 5.82. The van der Waals surface area contributed by atoms with Gasteiger partial charge in [0.15, 0.2) is 0 Å². The molecule has 1 fully saturated rings. The van der Waals surface area contributed by atoms with E-state index in [1.807, 2.05) is 62.5 Å². The van der Waals surface area contributed by atoms with E-state index < -0.39 is 0 Å². The van der Waals surface area contributed by atoms with Crippen LogP contribution in [0.4, 0.5) is 22.2 Å². The summed E-state index contributed by atoms with van der Waals surface area (Å²) >= 11 is 0. The Hall–Kier alpha value is -4.14. The SMILES string of the molecule is Cc1cc(Oc2ccc(NC(=O)Nc3cc(C(C)(C)C)nn3C)c3ccccc23)nc(NCC2CC2)n1. The Kier molecular flexibility index (Phi) is 6.45. The number of hydrogen-bond acceptors (Lipinski definition) is 6. The van der Waals surface area contributed by atoms with E-state index >= 15 is 0 Å². The van der Waals surface area contributed by atoms with Crippen molar-refractivity contribution in [1.29, 1.82) is 0 Å². The number of fused-ring (bicyclic) bond motifs is 1. The summed E-state index contributed by atoms with van der Waals surface area (Å²) in [6.45, 7) is 9.06. The van der Waals surface area contributed by atoms with E-state index in [0.29, 0.717) is 35.0 Å². The predicted molar refractivity (Wildman–Crippen MR) is 147 cm³/mol. The van der Waals surface area contributed by atoms with Crippen LogP contribution in [-0.2, 0) is 12.5 Å². The lowest BCUT2D eigenvalue weighted by Gasteiger charge is -2.14. The minimum atomic E-state index is -0.347. The minimum absolute atomic E-state index is 0.115. The van der Waals surface area contributed by atoms with Crippen LogP contribution in [0.25, 0.3) is 10.8 Å². The Morgan fingerprint density at radius 3 is 2.51 bits per heavy atom. The summed E-state index contributed by atoms with van der Waals surface area (Å²) in [7, 11) is 1.81. The van der Waals surface area contributed by atoms with Gasteiger partial charge in [0.1, 0.15) is 11.6 Å². The minimum Gasteiger partial charge on any atom is -0.438 e. The van der Waals surface area contributed by atoms with Crippen molar-refractivity contribution in [3.63, 3.8) is 0 Å². The Morgan fingerprint density at radius 2 is 1.81 bits per heavy atom. The summed E-state index contributed by atoms with van der Waals surface area (Å²) in [5.41, 5.74) is 2.29. The molecule has 9 nitrogen and oxygen atoms in total. The molecule has 1 aliphatic rings. The average molecular weight is 500 g/mol. The maximum absolute atomic E-state index is 12.9. The van der Waals surface area contributed by atoms with E-state index in [1.54, 1.807) is 4.68 Å². The largest absolute Gasteiger partial charge is 0.438 e. The Bertz CT molecular complexity index is 1450. The molecule has 37 heavy (non-hydrogen) atoms. The van der Waals surface area contributed by atoms with Crippen LogP contribution in [0.1, 0.15) is 45.0 Å². The Morgan fingerprint density at radius 1 is 1.05 bits per heavy atom. The van der Waals surface area contributed by atoms with Gasteiger partial charge in [0.2, 0.25) is 11.8 Å². The van der Waals surface area contributed by atoms with Gasteiger partial charge in [-0.25, -0.2) is 9.78 Å². The highest BCUT2D eigenvalue weighted by Gasteiger charge is 2.22. The van der Waals surface area contributed by atoms with E-state index in [1.165, 1.54) is 12.8 Å². The van der Waals surface area contributed by atoms with Gasteiger partial charge in [0, 0.05) is 47.6 Å². The number of ether oxygens (including phenoxy) is 1. The smallest absolute Gasteiger partial charge is 0.324 e. The van der Waals surface area contributed by atoms with Gasteiger partial charge in [0.05, 0.1) is 11.4 Å². The zero-order valence-corrected chi connectivity index (χ0v) is 21.9. The second-order valence-corrected chi connectivity index (χ2v) is 10.6. The van der Waals surface area contributed by atoms with Gasteiger partial charge in [-0.1, -0.05) is 45.0 Å². The quantitative estimate of drug-likeness (QED) is 0.278. The normalized spacial score (nSPS) is 13.4. The molecular formula is C28H33N7O2. The van der Waals surface area contributed by atoms with E-state index in [0.717, 1.165) is 28.7 Å². The van der Waals surface area contributed by atoms with Crippen molar-refractivity contribution in [2.24, 2.45) is 13.0 Å². The summed E-state index contributed by atoms with van der Waals surface area (Å²) in [5.74, 6) is 3.03. The first-order valence-electron chi connectivity index (χ1n) is 12.6. The van der Waals surface area contributed by atoms with Crippen LogP contribution in [-0.4, -0.2) is 32.3 Å². The molecule has 0 atom stereocenters. The van der Waals surface area contributed by atoms with Crippen molar-refractivity contribution in [3.05, 3.63) is 59.9 Å². The van der Waals surface area contributed by atoms with Crippen molar-refractivity contribution >= 4 is 34.3 Å². The number of amides is 2. The number of nitrogens with one attached hydrogen (secondary N) is 3. The van der Waals surface area contributed by atoms with Crippen molar-refractivity contribution in [1.82, 2.24) is 19.7 Å². The van der Waals surface area contributed by atoms with Crippen LogP contribution in [0, 0.1) is 12.8 Å². The predicted octanol–water partition coefficient (Wildman–Crippen LogP) is 6.23. The van der Waals surface area contributed by atoms with E-state index in [-0.39, 0.29) is 11.4 Å². The molecule has 2 heterocycles. The summed E-state index contributed by atoms with van der Waals surface area (Å²) in [4.78, 5) is 21.9. The molecule has 4 aromatic rings. The highest BCUT2D eigenvalue weighted by molar-refractivity contribution is 6.07. The monoisotopic (exact) mass is 499 g/mol. The molecule has 0 unspecified atom stereocenters. The maximum atomic E-state index is 12.9. The topological polar surface area (TPSA) is 106 Å². The fourth-order valence-corrected chi connectivity index (χ4v) is 4.03. The molecule has 2 amide bonds. The van der Waals surface area contributed by atoms with Gasteiger partial charge >= 0.3 is 6.03 Å². The molecule has 3 N–H and O–H groups in total. The number of aryl methyl sites for hydroxylation is 2. The first kappa shape index (κ1) is 24.5. The number of urea groups is 1. The summed E-state index contributed by atoms with van der Waals surface area (Å²) in [5, 5.41) is 15.4. The molecule has 0 saturated heterocycles. The lowest BCUT2D eigenvalue weighted by atomic mass is 9.92. The number of anilines is 3. The third-order valence-corrected chi connectivity index (χ3v) is 6.31. The molecule has 1 aliphatic carbocycles. The fraction of sp³-hybridized carbons (Fsp3) is 0.357. The van der Waals surface area contributed by atoms with Crippen molar-refractivity contribution < 1.29 is 9.53 Å². The maximum Gasteiger partial charge on any atom is 0.324 e. The number of carbonyl (C=O) groups excluding carboxylic acids is 1. The summed E-state index contributed by atoms with van der Waals surface area (Å²) < 4.78 is 7.88. The highest BCUT2D eigenvalue weighted by Crippen LogP contribution is 2.35. The van der Waals surface area contributed by atoms with Crippen LogP contribution >= 0.6 is 0 Å². The van der Waals surface area contributed by atoms with E-state index in [4.69, 9.17) is 4.74 Å². The molecule has 2 aromatic carbocycles. The Balaban J connectivity index is 1.35. The molecule has 5 rings (SSSR count). The van der Waals surface area contributed by atoms with Gasteiger partial charge in [-0.05, 0) is 37.8 Å². The standard InChI is InChI=1S/C28H33N7O2/c1-17-14-25(33-26(30-17)29-16-18-10-11-18)37-22-13-12-21(19-8-6-7-9-20(19)22)31-27(36)32-24-15-23(28(2,3)4)34-35(24)5/h6-9,12-15,18H,10-11,16H2,1-5H3,(H,29,30,33)(H2,31,32,36). The average Bonchev–Trinajstić information content (AvgIpc) is 3.60. The lowest BCUT2D eigenvalue weighted by Crippen LogP contribution is -2.21. The molecule has 0 radical (unpaired) electrons. The van der Waals surface area contributed by atoms with Gasteiger partial charge in [-0.15, -0.1) is 0 Å². The number of nitrogens with zero attached hydrogens (tertiary/aromatic N) is 4. The number of aromatic nitrogens is 4. The van der Waals surface area contributed by atoms with Gasteiger partial charge < -0.3 is 15.4 Å². The molecule has 9 heteroatoms. The molecule has 192 valence electrons. The third-order valence-electron chi connectivity index (χ3n) is 6.31. The van der Waals surface area contributed by atoms with Crippen LogP contribution in [0.2, 0.25) is 0 Å². The fourth-order valence-electron chi connectivity index (χ4n) is 4.03. The summed E-state index contributed by atoms with van der Waals surface area (Å²) in [6, 6.07) is 14.8. The molecule has 2 aromatic heterocycles. The van der Waals surface area contributed by atoms with Gasteiger partial charge in [-0.3, -0.25) is 10.00 Å². The summed E-state index contributed by atoms with van der Waals surface area (Å²) in [6.07, 6.45) is 2.51. The Labute approximate surface area is 216 Å². The first-order valence-corrected chi connectivity index (χ1v) is 12.6. The van der Waals surface area contributed by atoms with E-state index in [9.17, 15) is 4.79 Å². The van der Waals surface area contributed by atoms with E-state index in [2.05, 4.69) is 51.8 Å². The highest BCUT2D eigenvalue weighted by atomic mass is 16.5. The van der Waals surface area contributed by atoms with Gasteiger partial charge in [-0.2, -0.15) is 10.1 Å². The molecule has 0 spiro atoms. The number of carbonyl (C=O) groups is 1. The van der Waals surface area contributed by atoms with Crippen LogP contribution in [0.5, 0.6) is 11.6 Å². The van der Waals surface area contributed by atoms with Crippen LogP contribution < -0.4 is 20.7 Å². The second-order valence-electron chi connectivity index (χ2n) is 10.6. The van der Waals surface area contributed by atoms with Gasteiger partial charge in [0.25, 0.3) is 0 Å². The second kappa shape index (κ2) is 9.72. The van der Waals surface area contributed by atoms with Crippen molar-refractivity contribution in [3.8, 4) is 11.6 Å². The molecule has 0 bridgehead atoms. The zero-order chi connectivity index (χ0) is 26.2. The number of benzene rings is 2. The molecule has 0 aliphatic heterocycles. The van der Waals surface area contributed by atoms with Crippen molar-refractivity contribution in [2.75, 3.05) is 22.5 Å². The van der Waals surface area contributed by atoms with Crippen molar-refractivity contribution in [2.45, 2.75) is 46.0 Å². The van der Waals surface area contributed by atoms with Crippen LogP contribution in [0.15, 0.2) is 48.5 Å². The lowest BCUT2D eigenvalue weighted by molar-refractivity contribution is 0.262. The first-order chi connectivity index (χ1) is 17.7. The number of hydrogen-bond donors (Lipinski definition) is 3. The molecular weight excluding hydrogens is 466 g/mol. The number of rotatable bonds is 7. The molecule has 1 saturated carbocycles. The van der Waals surface area contributed by atoms with Crippen LogP contribution in [0.3, 0.4) is 0 Å². The zero-order valence-electron chi connectivity index (χ0n) is 21.9.